The summed E-state index contributed by atoms with van der Waals surface area (Å²) in [7, 11) is 0. The second-order valence-electron chi connectivity index (χ2n) is 4.01. The Bertz CT molecular complexity index is 119. The van der Waals surface area contributed by atoms with Crippen molar-refractivity contribution in [1.82, 2.24) is 0 Å². The van der Waals surface area contributed by atoms with Gasteiger partial charge in [-0.25, -0.2) is 0 Å². The van der Waals surface area contributed by atoms with Crippen LogP contribution in [-0.2, 0) is 4.74 Å². The molecule has 3 atom stereocenters. The van der Waals surface area contributed by atoms with Gasteiger partial charge in [-0.1, -0.05) is 13.8 Å². The first-order chi connectivity index (χ1) is 4.80. The molecular formula is C9H16O. The van der Waals surface area contributed by atoms with E-state index in [1.165, 1.54) is 6.42 Å². The third-order valence-electron chi connectivity index (χ3n) is 3.07. The Balaban J connectivity index is 1.93. The molecule has 10 heavy (non-hydrogen) atoms. The molecule has 1 aliphatic heterocycles. The van der Waals surface area contributed by atoms with Crippen LogP contribution in [0, 0.1) is 23.7 Å². The van der Waals surface area contributed by atoms with E-state index in [1.54, 1.807) is 0 Å². The molecule has 1 aliphatic carbocycles. The highest BCUT2D eigenvalue weighted by Gasteiger charge is 2.52. The summed E-state index contributed by atoms with van der Waals surface area (Å²) in [5, 5.41) is 0. The maximum absolute atomic E-state index is 5.40. The highest BCUT2D eigenvalue weighted by Crippen LogP contribution is 2.54. The molecule has 0 N–H and O–H groups in total. The Hall–Kier alpha value is -0.0400. The average molecular weight is 140 g/mol. The molecule has 2 fully saturated rings. The van der Waals surface area contributed by atoms with Crippen LogP contribution in [0.4, 0.5) is 0 Å². The number of fused-ring (bicyclic) bond motifs is 1. The average Bonchev–Trinajstić information content (AvgIpc) is 2.60. The SMILES string of the molecule is CC(C)C1C2CCOCC21. The molecule has 1 nitrogen and oxygen atoms in total. The molecule has 1 saturated heterocycles. The molecule has 58 valence electrons. The second-order valence-corrected chi connectivity index (χ2v) is 4.01. The van der Waals surface area contributed by atoms with Crippen molar-refractivity contribution in [2.45, 2.75) is 20.3 Å². The lowest BCUT2D eigenvalue weighted by atomic mass is 10.1. The van der Waals surface area contributed by atoms with Gasteiger partial charge in [-0.3, -0.25) is 0 Å². The van der Waals surface area contributed by atoms with Crippen LogP contribution in [0.2, 0.25) is 0 Å². The fourth-order valence-electron chi connectivity index (χ4n) is 2.54. The van der Waals surface area contributed by atoms with E-state index in [0.29, 0.717) is 0 Å². The standard InChI is InChI=1S/C9H16O/c1-6(2)9-7-3-4-10-5-8(7)9/h6-9H,3-5H2,1-2H3. The smallest absolute Gasteiger partial charge is 0.0499 e. The second kappa shape index (κ2) is 2.23. The molecule has 0 aromatic rings. The monoisotopic (exact) mass is 140 g/mol. The molecule has 0 bridgehead atoms. The highest BCUT2D eigenvalue weighted by molar-refractivity contribution is 4.99. The van der Waals surface area contributed by atoms with E-state index in [2.05, 4.69) is 13.8 Å². The third-order valence-corrected chi connectivity index (χ3v) is 3.07. The molecular weight excluding hydrogens is 124 g/mol. The van der Waals surface area contributed by atoms with E-state index in [4.69, 9.17) is 4.74 Å². The predicted octanol–water partition coefficient (Wildman–Crippen LogP) is 1.92. The summed E-state index contributed by atoms with van der Waals surface area (Å²) < 4.78 is 5.40. The minimum absolute atomic E-state index is 0.886. The topological polar surface area (TPSA) is 9.23 Å². The van der Waals surface area contributed by atoms with Crippen molar-refractivity contribution >= 4 is 0 Å². The van der Waals surface area contributed by atoms with Crippen molar-refractivity contribution in [2.24, 2.45) is 23.7 Å². The summed E-state index contributed by atoms with van der Waals surface area (Å²) in [5.74, 6) is 3.86. The van der Waals surface area contributed by atoms with E-state index in [1.807, 2.05) is 0 Å². The lowest BCUT2D eigenvalue weighted by molar-refractivity contribution is 0.0882. The molecule has 0 amide bonds. The van der Waals surface area contributed by atoms with E-state index < -0.39 is 0 Å². The van der Waals surface area contributed by atoms with Crippen molar-refractivity contribution in [3.8, 4) is 0 Å². The normalized spacial score (nSPS) is 45.3. The quantitative estimate of drug-likeness (QED) is 0.540. The highest BCUT2D eigenvalue weighted by atomic mass is 16.5. The van der Waals surface area contributed by atoms with Crippen LogP contribution in [0.15, 0.2) is 0 Å². The summed E-state index contributed by atoms with van der Waals surface area (Å²) in [6.45, 7) is 6.74. The first-order valence-electron chi connectivity index (χ1n) is 4.38. The van der Waals surface area contributed by atoms with Crippen LogP contribution >= 0.6 is 0 Å². The zero-order chi connectivity index (χ0) is 7.14. The van der Waals surface area contributed by atoms with Crippen molar-refractivity contribution < 1.29 is 4.74 Å². The number of hydrogen-bond donors (Lipinski definition) is 0. The van der Waals surface area contributed by atoms with Crippen LogP contribution in [0.25, 0.3) is 0 Å². The number of hydrogen-bond acceptors (Lipinski definition) is 1. The van der Waals surface area contributed by atoms with Gasteiger partial charge in [-0.05, 0) is 30.1 Å². The summed E-state index contributed by atoms with van der Waals surface area (Å²) in [5.41, 5.74) is 0. The first kappa shape index (κ1) is 6.66. The van der Waals surface area contributed by atoms with Gasteiger partial charge >= 0.3 is 0 Å². The largest absolute Gasteiger partial charge is 0.381 e. The molecule has 0 spiro atoms. The lowest BCUT2D eigenvalue weighted by Crippen LogP contribution is -2.07. The fourth-order valence-corrected chi connectivity index (χ4v) is 2.54. The van der Waals surface area contributed by atoms with Gasteiger partial charge in [-0.15, -0.1) is 0 Å². The summed E-state index contributed by atoms with van der Waals surface area (Å²) in [6.07, 6.45) is 1.33. The molecule has 3 unspecified atom stereocenters. The zero-order valence-corrected chi connectivity index (χ0v) is 6.84. The van der Waals surface area contributed by atoms with Gasteiger partial charge in [0, 0.05) is 13.2 Å². The van der Waals surface area contributed by atoms with Gasteiger partial charge in [0.1, 0.15) is 0 Å². The third kappa shape index (κ3) is 0.878. The van der Waals surface area contributed by atoms with Crippen LogP contribution < -0.4 is 0 Å². The van der Waals surface area contributed by atoms with Gasteiger partial charge in [-0.2, -0.15) is 0 Å². The van der Waals surface area contributed by atoms with E-state index in [0.717, 1.165) is 36.9 Å². The Morgan fingerprint density at radius 3 is 2.60 bits per heavy atom. The van der Waals surface area contributed by atoms with Gasteiger partial charge in [0.25, 0.3) is 0 Å². The zero-order valence-electron chi connectivity index (χ0n) is 6.84. The van der Waals surface area contributed by atoms with Gasteiger partial charge in [0.2, 0.25) is 0 Å². The number of rotatable bonds is 1. The van der Waals surface area contributed by atoms with E-state index >= 15 is 0 Å². The van der Waals surface area contributed by atoms with Crippen LogP contribution in [0.1, 0.15) is 20.3 Å². The molecule has 0 radical (unpaired) electrons. The summed E-state index contributed by atoms with van der Waals surface area (Å²) in [4.78, 5) is 0. The molecule has 0 aromatic carbocycles. The van der Waals surface area contributed by atoms with Crippen LogP contribution in [0.5, 0.6) is 0 Å². The minimum Gasteiger partial charge on any atom is -0.381 e. The fraction of sp³-hybridized carbons (Fsp3) is 1.00. The van der Waals surface area contributed by atoms with Gasteiger partial charge in [0.05, 0.1) is 0 Å². The lowest BCUT2D eigenvalue weighted by Gasteiger charge is -2.07. The molecule has 0 aromatic heterocycles. The van der Waals surface area contributed by atoms with E-state index in [-0.39, 0.29) is 0 Å². The maximum Gasteiger partial charge on any atom is 0.0499 e. The predicted molar refractivity (Wildman–Crippen MR) is 40.7 cm³/mol. The summed E-state index contributed by atoms with van der Waals surface area (Å²) >= 11 is 0. The van der Waals surface area contributed by atoms with Crippen molar-refractivity contribution in [1.29, 1.82) is 0 Å². The van der Waals surface area contributed by atoms with Gasteiger partial charge in [0.15, 0.2) is 0 Å². The van der Waals surface area contributed by atoms with Crippen molar-refractivity contribution in [2.75, 3.05) is 13.2 Å². The molecule has 1 heteroatoms. The summed E-state index contributed by atoms with van der Waals surface area (Å²) in [6, 6.07) is 0. The van der Waals surface area contributed by atoms with Crippen LogP contribution in [0.3, 0.4) is 0 Å². The first-order valence-corrected chi connectivity index (χ1v) is 4.38. The van der Waals surface area contributed by atoms with E-state index in [9.17, 15) is 0 Å². The molecule has 1 heterocycles. The molecule has 2 rings (SSSR count). The van der Waals surface area contributed by atoms with Crippen LogP contribution in [-0.4, -0.2) is 13.2 Å². The van der Waals surface area contributed by atoms with Crippen molar-refractivity contribution in [3.63, 3.8) is 0 Å². The Labute approximate surface area is 62.8 Å². The maximum atomic E-state index is 5.40. The molecule has 2 aliphatic rings. The minimum atomic E-state index is 0.886. The Morgan fingerprint density at radius 2 is 2.10 bits per heavy atom. The van der Waals surface area contributed by atoms with Crippen molar-refractivity contribution in [3.05, 3.63) is 0 Å². The Morgan fingerprint density at radius 1 is 1.30 bits per heavy atom. The van der Waals surface area contributed by atoms with Gasteiger partial charge < -0.3 is 4.74 Å². The molecule has 1 saturated carbocycles. The number of ether oxygens (including phenoxy) is 1. The Kier molecular flexibility index (Phi) is 1.48.